The van der Waals surface area contributed by atoms with Gasteiger partial charge in [-0.25, -0.2) is 4.39 Å². The molecule has 2 nitrogen and oxygen atoms in total. The van der Waals surface area contributed by atoms with Gasteiger partial charge in [0.15, 0.2) is 0 Å². The van der Waals surface area contributed by atoms with Crippen LogP contribution in [0.25, 0.3) is 0 Å². The van der Waals surface area contributed by atoms with Crippen LogP contribution in [0, 0.1) is 5.82 Å². The molecule has 0 aromatic heterocycles. The Hall–Kier alpha value is -0.930. The fourth-order valence-electron chi connectivity index (χ4n) is 1.32. The number of halogens is 1. The summed E-state index contributed by atoms with van der Waals surface area (Å²) in [4.78, 5) is 0. The minimum Gasteiger partial charge on any atom is -0.380 e. The molecule has 1 aromatic rings. The second-order valence-corrected chi connectivity index (χ2v) is 3.21. The molecule has 1 N–H and O–H groups in total. The standard InChI is InChI=1S/C11H16FNO/c1-13-6-5-9-3-4-11(12)10(7-9)8-14-2/h3-4,7,13H,5-6,8H2,1-2H3. The third kappa shape index (κ3) is 3.09. The lowest BCUT2D eigenvalue weighted by Gasteiger charge is -2.05. The predicted octanol–water partition coefficient (Wildman–Crippen LogP) is 1.73. The second kappa shape index (κ2) is 5.73. The topological polar surface area (TPSA) is 21.3 Å². The van der Waals surface area contributed by atoms with Gasteiger partial charge in [0.2, 0.25) is 0 Å². The van der Waals surface area contributed by atoms with Crippen molar-refractivity contribution in [2.75, 3.05) is 20.7 Å². The van der Waals surface area contributed by atoms with Crippen molar-refractivity contribution in [2.24, 2.45) is 0 Å². The van der Waals surface area contributed by atoms with E-state index < -0.39 is 0 Å². The largest absolute Gasteiger partial charge is 0.380 e. The molecule has 0 atom stereocenters. The van der Waals surface area contributed by atoms with E-state index in [1.165, 1.54) is 6.07 Å². The zero-order chi connectivity index (χ0) is 10.4. The quantitative estimate of drug-likeness (QED) is 0.776. The average molecular weight is 197 g/mol. The molecule has 1 rings (SSSR count). The number of nitrogens with one attached hydrogen (secondary N) is 1. The lowest BCUT2D eigenvalue weighted by molar-refractivity contribution is 0.181. The van der Waals surface area contributed by atoms with Crippen molar-refractivity contribution in [1.82, 2.24) is 5.32 Å². The zero-order valence-electron chi connectivity index (χ0n) is 8.64. The van der Waals surface area contributed by atoms with E-state index in [0.29, 0.717) is 12.2 Å². The van der Waals surface area contributed by atoms with Crippen molar-refractivity contribution in [3.63, 3.8) is 0 Å². The van der Waals surface area contributed by atoms with E-state index in [1.54, 1.807) is 7.11 Å². The molecule has 0 heterocycles. The number of methoxy groups -OCH3 is 1. The molecule has 0 fully saturated rings. The Bertz CT molecular complexity index is 289. The highest BCUT2D eigenvalue weighted by Gasteiger charge is 2.02. The summed E-state index contributed by atoms with van der Waals surface area (Å²) in [5, 5.41) is 3.06. The molecule has 0 bridgehead atoms. The first-order valence-electron chi connectivity index (χ1n) is 4.68. The Balaban J connectivity index is 2.72. The summed E-state index contributed by atoms with van der Waals surface area (Å²) in [6.45, 7) is 1.23. The number of ether oxygens (including phenoxy) is 1. The first-order chi connectivity index (χ1) is 6.77. The third-order valence-electron chi connectivity index (χ3n) is 2.07. The van der Waals surface area contributed by atoms with Crippen molar-refractivity contribution in [1.29, 1.82) is 0 Å². The number of hydrogen-bond acceptors (Lipinski definition) is 2. The molecule has 0 amide bonds. The fraction of sp³-hybridized carbons (Fsp3) is 0.455. The lowest BCUT2D eigenvalue weighted by Crippen LogP contribution is -2.10. The van der Waals surface area contributed by atoms with Gasteiger partial charge in [-0.1, -0.05) is 12.1 Å². The van der Waals surface area contributed by atoms with E-state index in [0.717, 1.165) is 18.5 Å². The van der Waals surface area contributed by atoms with Crippen LogP contribution in [0.2, 0.25) is 0 Å². The van der Waals surface area contributed by atoms with E-state index >= 15 is 0 Å². The Kier molecular flexibility index (Phi) is 4.56. The van der Waals surface area contributed by atoms with Crippen LogP contribution in [-0.2, 0) is 17.8 Å². The molecule has 0 aliphatic heterocycles. The highest BCUT2D eigenvalue weighted by atomic mass is 19.1. The molecule has 78 valence electrons. The maximum atomic E-state index is 13.2. The minimum atomic E-state index is -0.194. The first-order valence-corrected chi connectivity index (χ1v) is 4.68. The van der Waals surface area contributed by atoms with Crippen LogP contribution >= 0.6 is 0 Å². The fourth-order valence-corrected chi connectivity index (χ4v) is 1.32. The number of rotatable bonds is 5. The van der Waals surface area contributed by atoms with Crippen LogP contribution in [0.5, 0.6) is 0 Å². The highest BCUT2D eigenvalue weighted by molar-refractivity contribution is 5.24. The van der Waals surface area contributed by atoms with Crippen LogP contribution in [0.15, 0.2) is 18.2 Å². The van der Waals surface area contributed by atoms with Crippen molar-refractivity contribution < 1.29 is 9.13 Å². The zero-order valence-corrected chi connectivity index (χ0v) is 8.64. The molecule has 3 heteroatoms. The molecule has 14 heavy (non-hydrogen) atoms. The van der Waals surface area contributed by atoms with E-state index in [9.17, 15) is 4.39 Å². The van der Waals surface area contributed by atoms with Crippen LogP contribution in [-0.4, -0.2) is 20.7 Å². The second-order valence-electron chi connectivity index (χ2n) is 3.21. The summed E-state index contributed by atoms with van der Waals surface area (Å²) in [7, 11) is 3.47. The molecule has 0 aliphatic rings. The van der Waals surface area contributed by atoms with Crippen LogP contribution in [0.3, 0.4) is 0 Å². The smallest absolute Gasteiger partial charge is 0.128 e. The Morgan fingerprint density at radius 2 is 2.21 bits per heavy atom. The molecule has 0 spiro atoms. The van der Waals surface area contributed by atoms with Gasteiger partial charge in [-0.15, -0.1) is 0 Å². The Labute approximate surface area is 84.1 Å². The van der Waals surface area contributed by atoms with E-state index in [2.05, 4.69) is 5.32 Å². The minimum absolute atomic E-state index is 0.194. The van der Waals surface area contributed by atoms with Crippen molar-refractivity contribution >= 4 is 0 Å². The van der Waals surface area contributed by atoms with Gasteiger partial charge in [-0.3, -0.25) is 0 Å². The summed E-state index contributed by atoms with van der Waals surface area (Å²) < 4.78 is 18.1. The molecule has 0 saturated heterocycles. The van der Waals surface area contributed by atoms with Gasteiger partial charge in [0.1, 0.15) is 5.82 Å². The highest BCUT2D eigenvalue weighted by Crippen LogP contribution is 2.11. The average Bonchev–Trinajstić information content (AvgIpc) is 2.19. The molecular weight excluding hydrogens is 181 g/mol. The van der Waals surface area contributed by atoms with Gasteiger partial charge in [0, 0.05) is 12.7 Å². The normalized spacial score (nSPS) is 10.5. The van der Waals surface area contributed by atoms with Gasteiger partial charge < -0.3 is 10.1 Å². The Morgan fingerprint density at radius 1 is 1.43 bits per heavy atom. The van der Waals surface area contributed by atoms with Crippen LogP contribution in [0.4, 0.5) is 4.39 Å². The molecular formula is C11H16FNO. The van der Waals surface area contributed by atoms with Crippen LogP contribution < -0.4 is 5.32 Å². The number of hydrogen-bond donors (Lipinski definition) is 1. The molecule has 0 aliphatic carbocycles. The van der Waals surface area contributed by atoms with Gasteiger partial charge >= 0.3 is 0 Å². The summed E-state index contributed by atoms with van der Waals surface area (Å²) in [6, 6.07) is 5.17. The summed E-state index contributed by atoms with van der Waals surface area (Å²) in [5.41, 5.74) is 1.76. The maximum Gasteiger partial charge on any atom is 0.128 e. The molecule has 0 saturated carbocycles. The van der Waals surface area contributed by atoms with E-state index in [1.807, 2.05) is 19.2 Å². The maximum absolute atomic E-state index is 13.2. The first kappa shape index (κ1) is 11.1. The van der Waals surface area contributed by atoms with E-state index in [-0.39, 0.29) is 5.82 Å². The Morgan fingerprint density at radius 3 is 2.86 bits per heavy atom. The SMILES string of the molecule is CNCCc1ccc(F)c(COC)c1. The molecule has 0 radical (unpaired) electrons. The lowest BCUT2D eigenvalue weighted by atomic mass is 10.1. The molecule has 0 unspecified atom stereocenters. The summed E-state index contributed by atoms with van der Waals surface area (Å²) >= 11 is 0. The van der Waals surface area contributed by atoms with Gasteiger partial charge in [0.25, 0.3) is 0 Å². The van der Waals surface area contributed by atoms with Crippen molar-refractivity contribution in [3.8, 4) is 0 Å². The number of likely N-dealkylation sites (N-methyl/N-ethyl adjacent to an activating group) is 1. The predicted molar refractivity (Wildman–Crippen MR) is 54.7 cm³/mol. The van der Waals surface area contributed by atoms with Crippen molar-refractivity contribution in [3.05, 3.63) is 35.1 Å². The summed E-state index contributed by atoms with van der Waals surface area (Å²) in [5.74, 6) is -0.194. The van der Waals surface area contributed by atoms with E-state index in [4.69, 9.17) is 4.74 Å². The van der Waals surface area contributed by atoms with Gasteiger partial charge in [0.05, 0.1) is 6.61 Å². The van der Waals surface area contributed by atoms with Crippen LogP contribution in [0.1, 0.15) is 11.1 Å². The number of benzene rings is 1. The van der Waals surface area contributed by atoms with Gasteiger partial charge in [-0.05, 0) is 31.6 Å². The third-order valence-corrected chi connectivity index (χ3v) is 2.07. The monoisotopic (exact) mass is 197 g/mol. The van der Waals surface area contributed by atoms with Gasteiger partial charge in [-0.2, -0.15) is 0 Å². The van der Waals surface area contributed by atoms with Crippen molar-refractivity contribution in [2.45, 2.75) is 13.0 Å². The summed E-state index contributed by atoms with van der Waals surface area (Å²) in [6.07, 6.45) is 0.910. The molecule has 1 aromatic carbocycles.